The molecule has 0 radical (unpaired) electrons. The molecule has 0 unspecified atom stereocenters. The number of hydrogen-bond donors (Lipinski definition) is 2. The standard InChI is InChI=1S/C21H24N2O4/c1-21(2,3)19-18-16(11-8-9-13(24)15(10-11)26-4)17-12(6-5-7-14(17)25)22-20(18)27-23-19/h8-10,16,22,24H,5-7H2,1-4H3/t16-/m1/s1. The molecule has 0 spiro atoms. The smallest absolute Gasteiger partial charge is 0.233 e. The zero-order valence-electron chi connectivity index (χ0n) is 16.0. The van der Waals surface area contributed by atoms with Gasteiger partial charge in [-0.05, 0) is 30.5 Å². The summed E-state index contributed by atoms with van der Waals surface area (Å²) in [5, 5.41) is 17.7. The zero-order valence-corrected chi connectivity index (χ0v) is 16.0. The number of carbonyl (C=O) groups is 1. The molecule has 0 bridgehead atoms. The molecule has 0 amide bonds. The van der Waals surface area contributed by atoms with E-state index in [1.165, 1.54) is 7.11 Å². The van der Waals surface area contributed by atoms with Gasteiger partial charge in [-0.25, -0.2) is 0 Å². The number of hydrogen-bond acceptors (Lipinski definition) is 6. The highest BCUT2D eigenvalue weighted by atomic mass is 16.5. The molecule has 0 saturated heterocycles. The lowest BCUT2D eigenvalue weighted by Crippen LogP contribution is -2.28. The van der Waals surface area contributed by atoms with Crippen molar-refractivity contribution in [2.75, 3.05) is 12.4 Å². The predicted molar refractivity (Wildman–Crippen MR) is 101 cm³/mol. The van der Waals surface area contributed by atoms with Crippen LogP contribution in [0.2, 0.25) is 0 Å². The van der Waals surface area contributed by atoms with Gasteiger partial charge >= 0.3 is 0 Å². The topological polar surface area (TPSA) is 84.6 Å². The minimum absolute atomic E-state index is 0.0703. The van der Waals surface area contributed by atoms with Crippen LogP contribution in [-0.2, 0) is 10.2 Å². The van der Waals surface area contributed by atoms with E-state index in [9.17, 15) is 9.90 Å². The van der Waals surface area contributed by atoms with Crippen LogP contribution in [0.15, 0.2) is 34.0 Å². The molecule has 27 heavy (non-hydrogen) atoms. The number of carbonyl (C=O) groups excluding carboxylic acids is 1. The van der Waals surface area contributed by atoms with E-state index in [1.54, 1.807) is 12.1 Å². The quantitative estimate of drug-likeness (QED) is 0.824. The van der Waals surface area contributed by atoms with Crippen molar-refractivity contribution in [1.82, 2.24) is 5.16 Å². The Balaban J connectivity index is 1.97. The molecule has 142 valence electrons. The average molecular weight is 368 g/mol. The first-order valence-electron chi connectivity index (χ1n) is 9.21. The second-order valence-corrected chi connectivity index (χ2v) is 8.18. The van der Waals surface area contributed by atoms with E-state index < -0.39 is 0 Å². The van der Waals surface area contributed by atoms with Gasteiger partial charge in [-0.3, -0.25) is 4.79 Å². The zero-order chi connectivity index (χ0) is 19.3. The van der Waals surface area contributed by atoms with Crippen LogP contribution in [0.3, 0.4) is 0 Å². The van der Waals surface area contributed by atoms with Crippen LogP contribution in [0, 0.1) is 0 Å². The Morgan fingerprint density at radius 1 is 1.30 bits per heavy atom. The molecule has 1 aromatic heterocycles. The van der Waals surface area contributed by atoms with Crippen molar-refractivity contribution in [2.45, 2.75) is 51.4 Å². The van der Waals surface area contributed by atoms with Gasteiger partial charge in [0.15, 0.2) is 17.3 Å². The molecule has 1 atom stereocenters. The summed E-state index contributed by atoms with van der Waals surface area (Å²) >= 11 is 0. The summed E-state index contributed by atoms with van der Waals surface area (Å²) in [4.78, 5) is 12.9. The van der Waals surface area contributed by atoms with Gasteiger partial charge < -0.3 is 19.7 Å². The number of nitrogens with zero attached hydrogens (tertiary/aromatic N) is 1. The van der Waals surface area contributed by atoms with Crippen LogP contribution >= 0.6 is 0 Å². The van der Waals surface area contributed by atoms with Crippen LogP contribution in [-0.4, -0.2) is 23.2 Å². The number of fused-ring (bicyclic) bond motifs is 1. The number of allylic oxidation sites excluding steroid dienone is 2. The van der Waals surface area contributed by atoms with Gasteiger partial charge in [0.2, 0.25) is 5.88 Å². The van der Waals surface area contributed by atoms with Crippen molar-refractivity contribution in [2.24, 2.45) is 0 Å². The monoisotopic (exact) mass is 368 g/mol. The number of benzene rings is 1. The van der Waals surface area contributed by atoms with Gasteiger partial charge in [0.05, 0.1) is 18.4 Å². The molecule has 1 aliphatic carbocycles. The molecule has 6 nitrogen and oxygen atoms in total. The highest BCUT2D eigenvalue weighted by molar-refractivity contribution is 6.01. The molecule has 0 fully saturated rings. The number of phenolic OH excluding ortho intramolecular Hbond substituents is 1. The number of aromatic hydroxyl groups is 1. The summed E-state index contributed by atoms with van der Waals surface area (Å²) in [6.07, 6.45) is 2.17. The molecule has 1 aromatic carbocycles. The van der Waals surface area contributed by atoms with Gasteiger partial charge in [-0.15, -0.1) is 0 Å². The lowest BCUT2D eigenvalue weighted by atomic mass is 9.73. The summed E-state index contributed by atoms with van der Waals surface area (Å²) < 4.78 is 10.9. The lowest BCUT2D eigenvalue weighted by molar-refractivity contribution is -0.116. The Labute approximate surface area is 158 Å². The van der Waals surface area contributed by atoms with Gasteiger partial charge in [-0.2, -0.15) is 0 Å². The first-order valence-corrected chi connectivity index (χ1v) is 9.21. The maximum atomic E-state index is 12.9. The van der Waals surface area contributed by atoms with Crippen molar-refractivity contribution in [3.8, 4) is 11.5 Å². The van der Waals surface area contributed by atoms with E-state index >= 15 is 0 Å². The van der Waals surface area contributed by atoms with Crippen LogP contribution in [0.4, 0.5) is 5.88 Å². The number of phenols is 1. The summed E-state index contributed by atoms with van der Waals surface area (Å²) in [5.41, 5.74) is 4.04. The van der Waals surface area contributed by atoms with Crippen LogP contribution in [0.25, 0.3) is 0 Å². The second kappa shape index (κ2) is 6.15. The van der Waals surface area contributed by atoms with Gasteiger partial charge in [-0.1, -0.05) is 32.0 Å². The second-order valence-electron chi connectivity index (χ2n) is 8.18. The molecule has 6 heteroatoms. The molecular weight excluding hydrogens is 344 g/mol. The maximum Gasteiger partial charge on any atom is 0.233 e. The van der Waals surface area contributed by atoms with E-state index in [4.69, 9.17) is 9.26 Å². The molecule has 4 rings (SSSR count). The predicted octanol–water partition coefficient (Wildman–Crippen LogP) is 4.25. The fourth-order valence-corrected chi connectivity index (χ4v) is 4.01. The number of ether oxygens (including phenoxy) is 1. The van der Waals surface area contributed by atoms with Crippen molar-refractivity contribution in [3.05, 3.63) is 46.3 Å². The number of rotatable bonds is 2. The third-order valence-electron chi connectivity index (χ3n) is 5.27. The first kappa shape index (κ1) is 17.6. The van der Waals surface area contributed by atoms with Gasteiger partial charge in [0.1, 0.15) is 0 Å². The Kier molecular flexibility index (Phi) is 4.02. The number of anilines is 1. The number of Topliss-reactive ketones (excluding diaryl/α,β-unsaturated/α-hetero) is 1. The molecule has 2 N–H and O–H groups in total. The fraction of sp³-hybridized carbons (Fsp3) is 0.429. The van der Waals surface area contributed by atoms with E-state index in [-0.39, 0.29) is 22.9 Å². The molecule has 1 aliphatic heterocycles. The molecule has 2 heterocycles. The van der Waals surface area contributed by atoms with Gasteiger partial charge in [0.25, 0.3) is 0 Å². The van der Waals surface area contributed by atoms with Crippen LogP contribution in [0.5, 0.6) is 11.5 Å². The van der Waals surface area contributed by atoms with Crippen molar-refractivity contribution < 1.29 is 19.2 Å². The van der Waals surface area contributed by atoms with Crippen molar-refractivity contribution in [1.29, 1.82) is 0 Å². The van der Waals surface area contributed by atoms with Crippen molar-refractivity contribution in [3.63, 3.8) is 0 Å². The molecule has 0 saturated carbocycles. The third-order valence-corrected chi connectivity index (χ3v) is 5.27. The number of nitrogens with one attached hydrogen (secondary N) is 1. The first-order chi connectivity index (χ1) is 12.8. The Morgan fingerprint density at radius 3 is 2.78 bits per heavy atom. The number of aromatic nitrogens is 1. The normalized spacial score (nSPS) is 19.4. The van der Waals surface area contributed by atoms with E-state index in [0.717, 1.165) is 40.9 Å². The molecular formula is C21H24N2O4. The van der Waals surface area contributed by atoms with E-state index in [1.807, 2.05) is 6.07 Å². The molecule has 2 aliphatic rings. The highest BCUT2D eigenvalue weighted by Crippen LogP contribution is 2.49. The fourth-order valence-electron chi connectivity index (χ4n) is 4.01. The summed E-state index contributed by atoms with van der Waals surface area (Å²) in [5.74, 6) is 0.907. The van der Waals surface area contributed by atoms with Crippen LogP contribution < -0.4 is 10.1 Å². The Morgan fingerprint density at radius 2 is 2.07 bits per heavy atom. The minimum Gasteiger partial charge on any atom is -0.504 e. The van der Waals surface area contributed by atoms with E-state index in [0.29, 0.717) is 18.1 Å². The Bertz CT molecular complexity index is 950. The molecule has 2 aromatic rings. The average Bonchev–Trinajstić information content (AvgIpc) is 3.04. The van der Waals surface area contributed by atoms with Gasteiger partial charge in [0, 0.05) is 29.0 Å². The number of methoxy groups -OCH3 is 1. The third kappa shape index (κ3) is 2.80. The van der Waals surface area contributed by atoms with Crippen molar-refractivity contribution >= 4 is 11.7 Å². The summed E-state index contributed by atoms with van der Waals surface area (Å²) in [6, 6.07) is 5.23. The highest BCUT2D eigenvalue weighted by Gasteiger charge is 2.41. The maximum absolute atomic E-state index is 12.9. The number of ketones is 1. The SMILES string of the molecule is COc1cc([C@@H]2C3=C(CCCC3=O)Nc3onc(C(C)(C)C)c32)ccc1O. The Hall–Kier alpha value is -2.76. The van der Waals surface area contributed by atoms with E-state index in [2.05, 4.69) is 31.2 Å². The minimum atomic E-state index is -0.293. The largest absolute Gasteiger partial charge is 0.504 e. The summed E-state index contributed by atoms with van der Waals surface area (Å²) in [6.45, 7) is 6.23. The summed E-state index contributed by atoms with van der Waals surface area (Å²) in [7, 11) is 1.52. The van der Waals surface area contributed by atoms with Crippen LogP contribution in [0.1, 0.15) is 62.8 Å². The lowest BCUT2D eigenvalue weighted by Gasteiger charge is -2.32.